The number of carboxylic acids is 2. The first-order valence-electron chi connectivity index (χ1n) is 4.96. The lowest BCUT2D eigenvalue weighted by Gasteiger charge is -2.38. The molecule has 1 aliphatic rings. The molecule has 1 heterocycles. The molecule has 0 aliphatic carbocycles. The molecule has 0 spiro atoms. The van der Waals surface area contributed by atoms with Crippen molar-refractivity contribution in [1.82, 2.24) is 0 Å². The highest BCUT2D eigenvalue weighted by Gasteiger charge is 2.46. The molecule has 0 aromatic carbocycles. The van der Waals surface area contributed by atoms with Crippen LogP contribution in [0.1, 0.15) is 33.1 Å². The molecule has 2 unspecified atom stereocenters. The number of rotatable bonds is 3. The van der Waals surface area contributed by atoms with Crippen LogP contribution in [-0.2, 0) is 14.3 Å². The molecule has 0 bridgehead atoms. The summed E-state index contributed by atoms with van der Waals surface area (Å²) in [7, 11) is 0. The van der Waals surface area contributed by atoms with Gasteiger partial charge in [0.05, 0.1) is 24.0 Å². The van der Waals surface area contributed by atoms with Crippen molar-refractivity contribution in [2.45, 2.75) is 45.3 Å². The summed E-state index contributed by atoms with van der Waals surface area (Å²) >= 11 is 0. The predicted octanol–water partition coefficient (Wildman–Crippen LogP) is 1.12. The van der Waals surface area contributed by atoms with Crippen LogP contribution >= 0.6 is 0 Å². The molecule has 0 amide bonds. The minimum absolute atomic E-state index is 0.204. The molecule has 15 heavy (non-hydrogen) atoms. The van der Waals surface area contributed by atoms with Gasteiger partial charge in [-0.25, -0.2) is 0 Å². The van der Waals surface area contributed by atoms with Crippen molar-refractivity contribution in [1.29, 1.82) is 0 Å². The van der Waals surface area contributed by atoms with Crippen molar-refractivity contribution in [3.05, 3.63) is 0 Å². The third-order valence-corrected chi connectivity index (χ3v) is 2.76. The molecular weight excluding hydrogens is 200 g/mol. The van der Waals surface area contributed by atoms with Crippen molar-refractivity contribution in [2.24, 2.45) is 5.41 Å². The van der Waals surface area contributed by atoms with Crippen LogP contribution in [0.4, 0.5) is 0 Å². The average molecular weight is 216 g/mol. The van der Waals surface area contributed by atoms with E-state index in [0.29, 0.717) is 0 Å². The number of hydrogen-bond donors (Lipinski definition) is 2. The molecule has 0 aromatic heterocycles. The first-order valence-corrected chi connectivity index (χ1v) is 4.96. The topological polar surface area (TPSA) is 83.8 Å². The Balaban J connectivity index is 2.89. The second-order valence-corrected chi connectivity index (χ2v) is 4.32. The van der Waals surface area contributed by atoms with Gasteiger partial charge in [-0.05, 0) is 26.7 Å². The third kappa shape index (κ3) is 2.68. The average Bonchev–Trinajstić information content (AvgIpc) is 1.99. The van der Waals surface area contributed by atoms with E-state index in [0.717, 1.165) is 0 Å². The Kier molecular flexibility index (Phi) is 3.34. The van der Waals surface area contributed by atoms with Crippen molar-refractivity contribution in [3.8, 4) is 0 Å². The zero-order valence-electron chi connectivity index (χ0n) is 8.90. The van der Waals surface area contributed by atoms with Gasteiger partial charge in [0.2, 0.25) is 0 Å². The lowest BCUT2D eigenvalue weighted by atomic mass is 9.73. The maximum absolute atomic E-state index is 11.2. The van der Waals surface area contributed by atoms with E-state index in [1.807, 2.05) is 0 Å². The van der Waals surface area contributed by atoms with Crippen LogP contribution in [0, 0.1) is 5.41 Å². The fourth-order valence-electron chi connectivity index (χ4n) is 2.36. The van der Waals surface area contributed by atoms with Gasteiger partial charge in [0, 0.05) is 0 Å². The lowest BCUT2D eigenvalue weighted by molar-refractivity contribution is -0.170. The molecule has 5 heteroatoms. The summed E-state index contributed by atoms with van der Waals surface area (Å²) in [5.41, 5.74) is -1.16. The summed E-state index contributed by atoms with van der Waals surface area (Å²) in [5.74, 6) is -2.11. The molecule has 0 radical (unpaired) electrons. The van der Waals surface area contributed by atoms with Gasteiger partial charge in [0.15, 0.2) is 0 Å². The highest BCUT2D eigenvalue weighted by Crippen LogP contribution is 2.39. The first-order chi connectivity index (χ1) is 6.85. The molecule has 0 aromatic rings. The lowest BCUT2D eigenvalue weighted by Crippen LogP contribution is -2.44. The Hall–Kier alpha value is -1.10. The van der Waals surface area contributed by atoms with Crippen molar-refractivity contribution >= 4 is 11.9 Å². The molecule has 1 aliphatic heterocycles. The fourth-order valence-corrected chi connectivity index (χ4v) is 2.36. The van der Waals surface area contributed by atoms with Crippen LogP contribution in [-0.4, -0.2) is 34.4 Å². The highest BCUT2D eigenvalue weighted by molar-refractivity contribution is 5.81. The molecule has 1 rings (SSSR count). The van der Waals surface area contributed by atoms with Crippen LogP contribution in [0.2, 0.25) is 0 Å². The molecule has 0 saturated carbocycles. The van der Waals surface area contributed by atoms with Crippen molar-refractivity contribution in [3.63, 3.8) is 0 Å². The molecule has 2 atom stereocenters. The van der Waals surface area contributed by atoms with Crippen LogP contribution in [0.3, 0.4) is 0 Å². The maximum atomic E-state index is 11.2. The Morgan fingerprint density at radius 2 is 1.73 bits per heavy atom. The number of carbonyl (C=O) groups is 2. The van der Waals surface area contributed by atoms with Gasteiger partial charge in [-0.15, -0.1) is 0 Å². The van der Waals surface area contributed by atoms with Gasteiger partial charge in [0.1, 0.15) is 0 Å². The quantitative estimate of drug-likeness (QED) is 0.738. The summed E-state index contributed by atoms with van der Waals surface area (Å²) < 4.78 is 5.42. The molecule has 5 nitrogen and oxygen atoms in total. The van der Waals surface area contributed by atoms with Gasteiger partial charge in [-0.2, -0.15) is 0 Å². The van der Waals surface area contributed by atoms with Gasteiger partial charge in [-0.3, -0.25) is 9.59 Å². The van der Waals surface area contributed by atoms with E-state index in [9.17, 15) is 9.59 Å². The van der Waals surface area contributed by atoms with E-state index >= 15 is 0 Å². The van der Waals surface area contributed by atoms with Crippen molar-refractivity contribution in [2.75, 3.05) is 0 Å². The van der Waals surface area contributed by atoms with Gasteiger partial charge in [0.25, 0.3) is 0 Å². The normalized spacial score (nSPS) is 36.1. The summed E-state index contributed by atoms with van der Waals surface area (Å²) in [4.78, 5) is 21.9. The number of aliphatic carboxylic acids is 2. The first kappa shape index (κ1) is 12.0. The summed E-state index contributed by atoms with van der Waals surface area (Å²) in [5, 5.41) is 17.9. The largest absolute Gasteiger partial charge is 0.481 e. The SMILES string of the molecule is CC1CC(CC(=O)O)(C(=O)O)CC(C)O1. The molecule has 86 valence electrons. The monoisotopic (exact) mass is 216 g/mol. The zero-order chi connectivity index (χ0) is 11.6. The minimum atomic E-state index is -1.16. The summed E-state index contributed by atoms with van der Waals surface area (Å²) in [6, 6.07) is 0. The van der Waals surface area contributed by atoms with E-state index in [4.69, 9.17) is 14.9 Å². The fraction of sp³-hybridized carbons (Fsp3) is 0.800. The van der Waals surface area contributed by atoms with E-state index in [2.05, 4.69) is 0 Å². The highest BCUT2D eigenvalue weighted by atomic mass is 16.5. The standard InChI is InChI=1S/C10H16O5/c1-6-3-10(9(13)14,5-8(11)12)4-7(2)15-6/h6-7H,3-5H2,1-2H3,(H,11,12)(H,13,14). The molecule has 1 saturated heterocycles. The maximum Gasteiger partial charge on any atom is 0.310 e. The Morgan fingerprint density at radius 3 is 2.07 bits per heavy atom. The van der Waals surface area contributed by atoms with Crippen LogP contribution in [0.5, 0.6) is 0 Å². The Morgan fingerprint density at radius 1 is 1.27 bits per heavy atom. The smallest absolute Gasteiger partial charge is 0.310 e. The third-order valence-electron chi connectivity index (χ3n) is 2.76. The number of carboxylic acid groups (broad SMARTS) is 2. The van der Waals surface area contributed by atoms with Gasteiger partial charge in [-0.1, -0.05) is 0 Å². The van der Waals surface area contributed by atoms with E-state index in [1.165, 1.54) is 0 Å². The molecular formula is C10H16O5. The van der Waals surface area contributed by atoms with Gasteiger partial charge < -0.3 is 14.9 Å². The Labute approximate surface area is 88.0 Å². The van der Waals surface area contributed by atoms with Crippen LogP contribution in [0.25, 0.3) is 0 Å². The van der Waals surface area contributed by atoms with Crippen LogP contribution < -0.4 is 0 Å². The number of ether oxygens (including phenoxy) is 1. The summed E-state index contributed by atoms with van der Waals surface area (Å²) in [6.07, 6.45) is -0.216. The second-order valence-electron chi connectivity index (χ2n) is 4.32. The zero-order valence-corrected chi connectivity index (χ0v) is 8.90. The van der Waals surface area contributed by atoms with Gasteiger partial charge >= 0.3 is 11.9 Å². The van der Waals surface area contributed by atoms with Crippen LogP contribution in [0.15, 0.2) is 0 Å². The van der Waals surface area contributed by atoms with E-state index < -0.39 is 17.4 Å². The Bertz CT molecular complexity index is 263. The molecule has 2 N–H and O–H groups in total. The van der Waals surface area contributed by atoms with E-state index in [-0.39, 0.29) is 31.5 Å². The second kappa shape index (κ2) is 4.18. The minimum Gasteiger partial charge on any atom is -0.481 e. The predicted molar refractivity (Wildman–Crippen MR) is 51.6 cm³/mol. The molecule has 1 fully saturated rings. The van der Waals surface area contributed by atoms with E-state index in [1.54, 1.807) is 13.8 Å². The van der Waals surface area contributed by atoms with Crippen molar-refractivity contribution < 1.29 is 24.5 Å². The summed E-state index contributed by atoms with van der Waals surface area (Å²) in [6.45, 7) is 3.55. The number of hydrogen-bond acceptors (Lipinski definition) is 3.